The van der Waals surface area contributed by atoms with Crippen LogP contribution in [0, 0.1) is 6.92 Å². The number of rotatable bonds is 5. The zero-order valence-corrected chi connectivity index (χ0v) is 11.3. The lowest BCUT2D eigenvalue weighted by atomic mass is 10.2. The van der Waals surface area contributed by atoms with E-state index in [4.69, 9.17) is 5.73 Å². The minimum atomic E-state index is 0.326. The van der Waals surface area contributed by atoms with Crippen LogP contribution in [0.1, 0.15) is 31.2 Å². The van der Waals surface area contributed by atoms with E-state index in [2.05, 4.69) is 27.2 Å². The molecule has 0 unspecified atom stereocenters. The highest BCUT2D eigenvalue weighted by Crippen LogP contribution is 2.22. The van der Waals surface area contributed by atoms with Crippen molar-refractivity contribution in [3.05, 3.63) is 11.8 Å². The molecule has 1 aromatic heterocycles. The van der Waals surface area contributed by atoms with Crippen LogP contribution in [0.4, 0.5) is 11.8 Å². The second kappa shape index (κ2) is 6.00. The fraction of sp³-hybridized carbons (Fsp3) is 0.692. The van der Waals surface area contributed by atoms with Gasteiger partial charge in [0.1, 0.15) is 5.82 Å². The lowest BCUT2D eigenvalue weighted by molar-refractivity contribution is 0.254. The van der Waals surface area contributed by atoms with Gasteiger partial charge >= 0.3 is 0 Å². The maximum Gasteiger partial charge on any atom is 0.221 e. The molecule has 1 aliphatic carbocycles. The van der Waals surface area contributed by atoms with Crippen LogP contribution in [0.3, 0.4) is 0 Å². The Hall–Kier alpha value is -1.36. The predicted octanol–water partition coefficient (Wildman–Crippen LogP) is 1.65. The Morgan fingerprint density at radius 1 is 1.44 bits per heavy atom. The van der Waals surface area contributed by atoms with E-state index in [0.29, 0.717) is 5.95 Å². The highest BCUT2D eigenvalue weighted by atomic mass is 15.2. The lowest BCUT2D eigenvalue weighted by Gasteiger charge is -2.24. The van der Waals surface area contributed by atoms with Crippen LogP contribution < -0.4 is 11.1 Å². The third-order valence-electron chi connectivity index (χ3n) is 3.70. The fourth-order valence-electron chi connectivity index (χ4n) is 2.51. The number of nitrogen functional groups attached to an aromatic ring is 1. The topological polar surface area (TPSA) is 67.1 Å². The van der Waals surface area contributed by atoms with Crippen molar-refractivity contribution in [2.45, 2.75) is 38.6 Å². The molecule has 3 N–H and O–H groups in total. The summed E-state index contributed by atoms with van der Waals surface area (Å²) in [5, 5.41) is 3.34. The first-order valence-corrected chi connectivity index (χ1v) is 6.70. The van der Waals surface area contributed by atoms with E-state index in [-0.39, 0.29) is 0 Å². The van der Waals surface area contributed by atoms with Crippen LogP contribution >= 0.6 is 0 Å². The number of likely N-dealkylation sites (N-methyl/N-ethyl adjacent to an activating group) is 1. The molecular weight excluding hydrogens is 226 g/mol. The summed E-state index contributed by atoms with van der Waals surface area (Å²) in [7, 11) is 2.21. The number of nitrogens with two attached hydrogens (primary N) is 1. The monoisotopic (exact) mass is 249 g/mol. The third kappa shape index (κ3) is 3.32. The third-order valence-corrected chi connectivity index (χ3v) is 3.70. The van der Waals surface area contributed by atoms with Gasteiger partial charge in [0, 0.05) is 30.9 Å². The molecule has 0 spiro atoms. The smallest absolute Gasteiger partial charge is 0.221 e. The molecular formula is C13H23N5. The molecule has 2 rings (SSSR count). The molecule has 1 aliphatic rings. The number of nitrogens with zero attached hydrogens (tertiary/aromatic N) is 3. The van der Waals surface area contributed by atoms with Crippen molar-refractivity contribution in [2.75, 3.05) is 31.2 Å². The second-order valence-corrected chi connectivity index (χ2v) is 5.11. The van der Waals surface area contributed by atoms with Crippen molar-refractivity contribution < 1.29 is 0 Å². The van der Waals surface area contributed by atoms with Gasteiger partial charge in [-0.1, -0.05) is 12.8 Å². The number of nitrogens with one attached hydrogen (secondary N) is 1. The van der Waals surface area contributed by atoms with Crippen molar-refractivity contribution in [3.63, 3.8) is 0 Å². The molecule has 1 saturated carbocycles. The zero-order chi connectivity index (χ0) is 13.0. The molecule has 0 radical (unpaired) electrons. The number of hydrogen-bond donors (Lipinski definition) is 2. The van der Waals surface area contributed by atoms with Crippen molar-refractivity contribution in [1.29, 1.82) is 0 Å². The van der Waals surface area contributed by atoms with Crippen molar-refractivity contribution >= 4 is 11.8 Å². The maximum atomic E-state index is 5.59. The van der Waals surface area contributed by atoms with Gasteiger partial charge < -0.3 is 16.0 Å². The van der Waals surface area contributed by atoms with Gasteiger partial charge in [-0.3, -0.25) is 0 Å². The Balaban J connectivity index is 1.79. The van der Waals surface area contributed by atoms with E-state index in [1.54, 1.807) is 6.20 Å². The first kappa shape index (κ1) is 13.1. The van der Waals surface area contributed by atoms with Crippen molar-refractivity contribution in [2.24, 2.45) is 0 Å². The van der Waals surface area contributed by atoms with Crippen LogP contribution in [-0.2, 0) is 0 Å². The summed E-state index contributed by atoms with van der Waals surface area (Å²) >= 11 is 0. The summed E-state index contributed by atoms with van der Waals surface area (Å²) in [5.74, 6) is 1.18. The van der Waals surface area contributed by atoms with Crippen LogP contribution in [-0.4, -0.2) is 41.0 Å². The van der Waals surface area contributed by atoms with Gasteiger partial charge in [0.2, 0.25) is 5.95 Å². The number of hydrogen-bond acceptors (Lipinski definition) is 5. The Bertz CT molecular complexity index is 387. The average Bonchev–Trinajstić information content (AvgIpc) is 2.87. The summed E-state index contributed by atoms with van der Waals surface area (Å²) in [6.45, 7) is 3.92. The van der Waals surface area contributed by atoms with Gasteiger partial charge in [-0.2, -0.15) is 4.98 Å². The molecule has 0 amide bonds. The Kier molecular flexibility index (Phi) is 4.36. The second-order valence-electron chi connectivity index (χ2n) is 5.11. The summed E-state index contributed by atoms with van der Waals surface area (Å²) in [5.41, 5.74) is 6.62. The predicted molar refractivity (Wildman–Crippen MR) is 74.6 cm³/mol. The van der Waals surface area contributed by atoms with Gasteiger partial charge in [0.15, 0.2) is 0 Å². The van der Waals surface area contributed by atoms with Gasteiger partial charge in [-0.15, -0.1) is 0 Å². The largest absolute Gasteiger partial charge is 0.368 e. The highest BCUT2D eigenvalue weighted by Gasteiger charge is 2.18. The summed E-state index contributed by atoms with van der Waals surface area (Å²) < 4.78 is 0. The van der Waals surface area contributed by atoms with E-state index < -0.39 is 0 Å². The summed E-state index contributed by atoms with van der Waals surface area (Å²) in [6, 6.07) is 0.767. The lowest BCUT2D eigenvalue weighted by Crippen LogP contribution is -2.33. The van der Waals surface area contributed by atoms with E-state index in [9.17, 15) is 0 Å². The number of aromatic nitrogens is 2. The molecule has 1 fully saturated rings. The van der Waals surface area contributed by atoms with E-state index in [1.165, 1.54) is 25.7 Å². The van der Waals surface area contributed by atoms with Crippen LogP contribution in [0.25, 0.3) is 0 Å². The highest BCUT2D eigenvalue weighted by molar-refractivity contribution is 5.44. The van der Waals surface area contributed by atoms with Crippen molar-refractivity contribution in [3.8, 4) is 0 Å². The first-order chi connectivity index (χ1) is 8.66. The number of aryl methyl sites for hydroxylation is 1. The number of anilines is 2. The average molecular weight is 249 g/mol. The van der Waals surface area contributed by atoms with Gasteiger partial charge in [0.25, 0.3) is 0 Å². The first-order valence-electron chi connectivity index (χ1n) is 6.70. The minimum Gasteiger partial charge on any atom is -0.368 e. The van der Waals surface area contributed by atoms with Crippen molar-refractivity contribution in [1.82, 2.24) is 14.9 Å². The molecule has 0 aliphatic heterocycles. The Morgan fingerprint density at radius 2 is 2.17 bits per heavy atom. The molecule has 100 valence electrons. The fourth-order valence-corrected chi connectivity index (χ4v) is 2.51. The van der Waals surface area contributed by atoms with E-state index >= 15 is 0 Å². The molecule has 5 nitrogen and oxygen atoms in total. The molecule has 0 saturated heterocycles. The molecule has 1 aromatic rings. The minimum absolute atomic E-state index is 0.326. The van der Waals surface area contributed by atoms with E-state index in [0.717, 1.165) is 30.5 Å². The molecule has 5 heteroatoms. The van der Waals surface area contributed by atoms with Crippen LogP contribution in [0.15, 0.2) is 6.20 Å². The van der Waals surface area contributed by atoms with Gasteiger partial charge in [-0.25, -0.2) is 4.98 Å². The molecule has 18 heavy (non-hydrogen) atoms. The van der Waals surface area contributed by atoms with E-state index in [1.807, 2.05) is 6.92 Å². The molecule has 0 aromatic carbocycles. The maximum absolute atomic E-state index is 5.59. The quantitative estimate of drug-likeness (QED) is 0.830. The SMILES string of the molecule is Cc1cnc(N)nc1NCCN(C)C1CCCC1. The van der Waals surface area contributed by atoms with Gasteiger partial charge in [-0.05, 0) is 26.8 Å². The summed E-state index contributed by atoms with van der Waals surface area (Å²) in [6.07, 6.45) is 7.20. The summed E-state index contributed by atoms with van der Waals surface area (Å²) in [4.78, 5) is 10.6. The molecule has 1 heterocycles. The standard InChI is InChI=1S/C13H23N5/c1-10-9-16-13(14)17-12(10)15-7-8-18(2)11-5-3-4-6-11/h9,11H,3-8H2,1-2H3,(H3,14,15,16,17). The zero-order valence-electron chi connectivity index (χ0n) is 11.3. The normalized spacial score (nSPS) is 16.4. The van der Waals surface area contributed by atoms with Gasteiger partial charge in [0.05, 0.1) is 0 Å². The Morgan fingerprint density at radius 3 is 2.89 bits per heavy atom. The Labute approximate surface area is 109 Å². The van der Waals surface area contributed by atoms with Crippen LogP contribution in [0.5, 0.6) is 0 Å². The molecule has 0 atom stereocenters. The molecule has 0 bridgehead atoms. The van der Waals surface area contributed by atoms with Crippen LogP contribution in [0.2, 0.25) is 0 Å².